The van der Waals surface area contributed by atoms with Crippen molar-refractivity contribution in [3.8, 4) is 0 Å². The van der Waals surface area contributed by atoms with Crippen LogP contribution in [0.2, 0.25) is 0 Å². The van der Waals surface area contributed by atoms with Gasteiger partial charge in [-0.15, -0.1) is 11.6 Å². The van der Waals surface area contributed by atoms with Crippen molar-refractivity contribution >= 4 is 11.6 Å². The first-order valence-corrected chi connectivity index (χ1v) is 5.07. The SMILES string of the molecule is CC(O)C(Cl)COCc1ccccc1. The minimum atomic E-state index is -0.535. The zero-order valence-electron chi connectivity index (χ0n) is 8.19. The summed E-state index contributed by atoms with van der Waals surface area (Å²) in [5.41, 5.74) is 1.11. The van der Waals surface area contributed by atoms with E-state index in [0.29, 0.717) is 13.2 Å². The Morgan fingerprint density at radius 3 is 2.57 bits per heavy atom. The Balaban J connectivity index is 2.22. The Kier molecular flexibility index (Phi) is 4.94. The van der Waals surface area contributed by atoms with Gasteiger partial charge in [0.25, 0.3) is 0 Å². The number of alkyl halides is 1. The summed E-state index contributed by atoms with van der Waals surface area (Å²) in [5, 5.41) is 8.77. The highest BCUT2D eigenvalue weighted by molar-refractivity contribution is 6.21. The molecule has 2 unspecified atom stereocenters. The average molecular weight is 215 g/mol. The second-order valence-corrected chi connectivity index (χ2v) is 3.82. The fourth-order valence-electron chi connectivity index (χ4n) is 1.00. The van der Waals surface area contributed by atoms with Crippen LogP contribution in [0.15, 0.2) is 30.3 Å². The second-order valence-electron chi connectivity index (χ2n) is 3.26. The summed E-state index contributed by atoms with van der Waals surface area (Å²) in [4.78, 5) is 0. The van der Waals surface area contributed by atoms with E-state index in [1.807, 2.05) is 30.3 Å². The third-order valence-electron chi connectivity index (χ3n) is 1.91. The molecule has 0 bridgehead atoms. The molecule has 0 heterocycles. The molecule has 1 N–H and O–H groups in total. The van der Waals surface area contributed by atoms with E-state index in [-0.39, 0.29) is 5.38 Å². The molecular weight excluding hydrogens is 200 g/mol. The molecule has 2 atom stereocenters. The topological polar surface area (TPSA) is 29.5 Å². The van der Waals surface area contributed by atoms with Crippen LogP contribution in [0, 0.1) is 0 Å². The molecule has 0 aliphatic carbocycles. The van der Waals surface area contributed by atoms with Crippen LogP contribution in [0.5, 0.6) is 0 Å². The molecule has 78 valence electrons. The molecular formula is C11H15ClO2. The zero-order chi connectivity index (χ0) is 10.4. The maximum Gasteiger partial charge on any atom is 0.0825 e. The van der Waals surface area contributed by atoms with Crippen molar-refractivity contribution in [2.45, 2.75) is 25.0 Å². The van der Waals surface area contributed by atoms with Crippen molar-refractivity contribution in [2.24, 2.45) is 0 Å². The Morgan fingerprint density at radius 1 is 1.36 bits per heavy atom. The van der Waals surface area contributed by atoms with Crippen LogP contribution in [0.25, 0.3) is 0 Å². The molecule has 1 aromatic carbocycles. The summed E-state index contributed by atoms with van der Waals surface area (Å²) >= 11 is 5.81. The Hall–Kier alpha value is -0.570. The Labute approximate surface area is 89.5 Å². The first-order chi connectivity index (χ1) is 6.70. The second kappa shape index (κ2) is 6.02. The lowest BCUT2D eigenvalue weighted by Crippen LogP contribution is -2.22. The molecule has 0 fully saturated rings. The average Bonchev–Trinajstić information content (AvgIpc) is 2.19. The molecule has 0 aliphatic rings. The number of aliphatic hydroxyl groups excluding tert-OH is 1. The lowest BCUT2D eigenvalue weighted by molar-refractivity contribution is 0.0838. The molecule has 0 aromatic heterocycles. The highest BCUT2D eigenvalue weighted by Gasteiger charge is 2.10. The van der Waals surface area contributed by atoms with E-state index in [1.54, 1.807) is 6.92 Å². The Morgan fingerprint density at radius 2 is 2.00 bits per heavy atom. The maximum atomic E-state index is 9.11. The fourth-order valence-corrected chi connectivity index (χ4v) is 1.09. The minimum Gasteiger partial charge on any atom is -0.392 e. The highest BCUT2D eigenvalue weighted by Crippen LogP contribution is 2.06. The number of benzene rings is 1. The number of rotatable bonds is 5. The van der Waals surface area contributed by atoms with Crippen LogP contribution in [0.4, 0.5) is 0 Å². The molecule has 1 rings (SSSR count). The largest absolute Gasteiger partial charge is 0.392 e. The summed E-state index contributed by atoms with van der Waals surface area (Å²) in [5.74, 6) is 0. The van der Waals surface area contributed by atoms with Gasteiger partial charge in [0.2, 0.25) is 0 Å². The van der Waals surface area contributed by atoms with Gasteiger partial charge in [0.15, 0.2) is 0 Å². The van der Waals surface area contributed by atoms with E-state index in [0.717, 1.165) is 5.56 Å². The van der Waals surface area contributed by atoms with Gasteiger partial charge in [0.05, 0.1) is 24.7 Å². The van der Waals surface area contributed by atoms with E-state index in [2.05, 4.69) is 0 Å². The molecule has 2 nitrogen and oxygen atoms in total. The molecule has 14 heavy (non-hydrogen) atoms. The smallest absolute Gasteiger partial charge is 0.0825 e. The van der Waals surface area contributed by atoms with Crippen molar-refractivity contribution in [3.63, 3.8) is 0 Å². The molecule has 0 saturated heterocycles. The number of hydrogen-bond acceptors (Lipinski definition) is 2. The fraction of sp³-hybridized carbons (Fsp3) is 0.455. The van der Waals surface area contributed by atoms with E-state index < -0.39 is 6.10 Å². The number of hydrogen-bond donors (Lipinski definition) is 1. The van der Waals surface area contributed by atoms with E-state index in [4.69, 9.17) is 21.4 Å². The van der Waals surface area contributed by atoms with Gasteiger partial charge in [0, 0.05) is 0 Å². The van der Waals surface area contributed by atoms with Crippen LogP contribution in [0.3, 0.4) is 0 Å². The van der Waals surface area contributed by atoms with Gasteiger partial charge in [-0.3, -0.25) is 0 Å². The number of halogens is 1. The summed E-state index contributed by atoms with van der Waals surface area (Å²) < 4.78 is 5.35. The zero-order valence-corrected chi connectivity index (χ0v) is 8.95. The lowest BCUT2D eigenvalue weighted by atomic mass is 10.2. The van der Waals surface area contributed by atoms with Crippen LogP contribution in [-0.4, -0.2) is 23.2 Å². The van der Waals surface area contributed by atoms with Crippen molar-refractivity contribution in [1.82, 2.24) is 0 Å². The normalized spacial score (nSPS) is 15.1. The van der Waals surface area contributed by atoms with E-state index in [1.165, 1.54) is 0 Å². The standard InChI is InChI=1S/C11H15ClO2/c1-9(13)11(12)8-14-7-10-5-3-2-4-6-10/h2-6,9,11,13H,7-8H2,1H3. The molecule has 3 heteroatoms. The van der Waals surface area contributed by atoms with Crippen molar-refractivity contribution in [3.05, 3.63) is 35.9 Å². The van der Waals surface area contributed by atoms with Gasteiger partial charge in [0.1, 0.15) is 0 Å². The monoisotopic (exact) mass is 214 g/mol. The third-order valence-corrected chi connectivity index (χ3v) is 2.40. The predicted octanol–water partition coefficient (Wildman–Crippen LogP) is 2.19. The van der Waals surface area contributed by atoms with Gasteiger partial charge < -0.3 is 9.84 Å². The molecule has 1 aromatic rings. The van der Waals surface area contributed by atoms with Crippen LogP contribution in [-0.2, 0) is 11.3 Å². The molecule has 0 amide bonds. The minimum absolute atomic E-state index is 0.335. The van der Waals surface area contributed by atoms with Crippen molar-refractivity contribution in [2.75, 3.05) is 6.61 Å². The number of aliphatic hydroxyl groups is 1. The summed E-state index contributed by atoms with van der Waals surface area (Å²) in [6.07, 6.45) is -0.535. The first kappa shape index (κ1) is 11.5. The third kappa shape index (κ3) is 4.09. The van der Waals surface area contributed by atoms with Crippen LogP contribution >= 0.6 is 11.6 Å². The number of ether oxygens (including phenoxy) is 1. The maximum absolute atomic E-state index is 9.11. The molecule has 0 radical (unpaired) electrons. The summed E-state index contributed by atoms with van der Waals surface area (Å²) in [7, 11) is 0. The van der Waals surface area contributed by atoms with Gasteiger partial charge in [-0.05, 0) is 12.5 Å². The predicted molar refractivity (Wildman–Crippen MR) is 57.4 cm³/mol. The lowest BCUT2D eigenvalue weighted by Gasteiger charge is -2.12. The van der Waals surface area contributed by atoms with Gasteiger partial charge in [-0.1, -0.05) is 30.3 Å². The van der Waals surface area contributed by atoms with E-state index >= 15 is 0 Å². The molecule has 0 spiro atoms. The van der Waals surface area contributed by atoms with Crippen LogP contribution < -0.4 is 0 Å². The van der Waals surface area contributed by atoms with Gasteiger partial charge in [-0.2, -0.15) is 0 Å². The quantitative estimate of drug-likeness (QED) is 0.762. The summed E-state index contributed by atoms with van der Waals surface area (Å²) in [6.45, 7) is 2.56. The van der Waals surface area contributed by atoms with Crippen molar-refractivity contribution in [1.29, 1.82) is 0 Å². The van der Waals surface area contributed by atoms with Gasteiger partial charge in [-0.25, -0.2) is 0 Å². The Bertz CT molecular complexity index is 249. The van der Waals surface area contributed by atoms with Gasteiger partial charge >= 0.3 is 0 Å². The highest BCUT2D eigenvalue weighted by atomic mass is 35.5. The first-order valence-electron chi connectivity index (χ1n) is 4.64. The molecule has 0 saturated carbocycles. The van der Waals surface area contributed by atoms with Crippen LogP contribution in [0.1, 0.15) is 12.5 Å². The molecule has 0 aliphatic heterocycles. The summed E-state index contributed by atoms with van der Waals surface area (Å²) in [6, 6.07) is 9.87. The van der Waals surface area contributed by atoms with E-state index in [9.17, 15) is 0 Å². The van der Waals surface area contributed by atoms with Crippen molar-refractivity contribution < 1.29 is 9.84 Å².